The summed E-state index contributed by atoms with van der Waals surface area (Å²) >= 11 is 6.28. The zero-order chi connectivity index (χ0) is 20.5. The van der Waals surface area contributed by atoms with E-state index in [0.717, 1.165) is 11.3 Å². The van der Waals surface area contributed by atoms with Crippen LogP contribution in [0.15, 0.2) is 48.5 Å². The minimum atomic E-state index is -0.539. The normalized spacial score (nSPS) is 11.8. The van der Waals surface area contributed by atoms with Crippen molar-refractivity contribution in [3.8, 4) is 5.75 Å². The van der Waals surface area contributed by atoms with Crippen LogP contribution in [0.5, 0.6) is 5.75 Å². The smallest absolute Gasteiger partial charge is 0.308 e. The topological polar surface area (TPSA) is 64.6 Å². The second kappa shape index (κ2) is 10.7. The molecule has 0 bridgehead atoms. The van der Waals surface area contributed by atoms with E-state index in [2.05, 4.69) is 5.32 Å². The highest BCUT2D eigenvalue weighted by Gasteiger charge is 2.22. The first-order chi connectivity index (χ1) is 13.4. The molecule has 0 aliphatic heterocycles. The van der Waals surface area contributed by atoms with Gasteiger partial charge in [0.1, 0.15) is 5.75 Å². The molecule has 0 aliphatic rings. The van der Waals surface area contributed by atoms with Gasteiger partial charge in [-0.1, -0.05) is 41.9 Å². The molecule has 1 atom stereocenters. The predicted molar refractivity (Wildman–Crippen MR) is 109 cm³/mol. The summed E-state index contributed by atoms with van der Waals surface area (Å²) < 4.78 is 10.4. The van der Waals surface area contributed by atoms with E-state index >= 15 is 0 Å². The average Bonchev–Trinajstić information content (AvgIpc) is 2.66. The van der Waals surface area contributed by atoms with Gasteiger partial charge >= 0.3 is 5.97 Å². The fourth-order valence-electron chi connectivity index (χ4n) is 2.79. The summed E-state index contributed by atoms with van der Waals surface area (Å²) in [5, 5.41) is 3.42. The van der Waals surface area contributed by atoms with Gasteiger partial charge < -0.3 is 14.8 Å². The monoisotopic (exact) mass is 403 g/mol. The zero-order valence-corrected chi connectivity index (χ0v) is 17.2. The predicted octanol–water partition coefficient (Wildman–Crippen LogP) is 4.48. The first kappa shape index (κ1) is 21.8. The molecule has 2 rings (SSSR count). The quantitative estimate of drug-likeness (QED) is 0.627. The number of halogens is 1. The number of amides is 1. The van der Waals surface area contributed by atoms with E-state index in [1.807, 2.05) is 30.3 Å². The molecule has 0 saturated heterocycles. The number of carbonyl (C=O) groups is 2. The fraction of sp³-hybridized carbons (Fsp3) is 0.364. The third-order valence-corrected chi connectivity index (χ3v) is 4.50. The highest BCUT2D eigenvalue weighted by atomic mass is 35.5. The van der Waals surface area contributed by atoms with Gasteiger partial charge in [-0.3, -0.25) is 9.59 Å². The van der Waals surface area contributed by atoms with Crippen LogP contribution in [0.2, 0.25) is 5.02 Å². The summed E-state index contributed by atoms with van der Waals surface area (Å²) in [5.74, 6) is 0.240. The van der Waals surface area contributed by atoms with Crippen molar-refractivity contribution in [2.24, 2.45) is 0 Å². The number of esters is 1. The molecule has 0 radical (unpaired) electrons. The summed E-state index contributed by atoms with van der Waals surface area (Å²) in [6, 6.07) is 14.2. The molecule has 0 heterocycles. The summed E-state index contributed by atoms with van der Waals surface area (Å²) in [4.78, 5) is 24.6. The van der Waals surface area contributed by atoms with Crippen LogP contribution in [-0.2, 0) is 20.7 Å². The lowest BCUT2D eigenvalue weighted by atomic mass is 10.0. The summed E-state index contributed by atoms with van der Waals surface area (Å²) in [5.41, 5.74) is 1.73. The van der Waals surface area contributed by atoms with Crippen molar-refractivity contribution < 1.29 is 19.1 Å². The molecule has 2 aromatic carbocycles. The van der Waals surface area contributed by atoms with Crippen LogP contribution in [-0.4, -0.2) is 25.1 Å². The van der Waals surface area contributed by atoms with Gasteiger partial charge in [-0.05, 0) is 49.6 Å². The van der Waals surface area contributed by atoms with Gasteiger partial charge in [-0.25, -0.2) is 0 Å². The van der Waals surface area contributed by atoms with Crippen molar-refractivity contribution in [3.05, 3.63) is 64.7 Å². The molecule has 5 nitrogen and oxygen atoms in total. The zero-order valence-electron chi connectivity index (χ0n) is 16.4. The van der Waals surface area contributed by atoms with Gasteiger partial charge in [0.25, 0.3) is 0 Å². The van der Waals surface area contributed by atoms with Crippen LogP contribution in [0, 0.1) is 0 Å². The van der Waals surface area contributed by atoms with Gasteiger partial charge in [0.15, 0.2) is 0 Å². The van der Waals surface area contributed by atoms with Crippen molar-refractivity contribution in [1.82, 2.24) is 5.32 Å². The number of benzene rings is 2. The summed E-state index contributed by atoms with van der Waals surface area (Å²) in [7, 11) is 1.61. The molecule has 1 amide bonds. The molecule has 0 aliphatic carbocycles. The van der Waals surface area contributed by atoms with E-state index in [9.17, 15) is 9.59 Å². The highest BCUT2D eigenvalue weighted by Crippen LogP contribution is 2.26. The third-order valence-electron chi connectivity index (χ3n) is 4.15. The van der Waals surface area contributed by atoms with Crippen LogP contribution >= 0.6 is 11.6 Å². The standard InChI is InChI=1S/C22H26ClNO4/c1-15(2)28-22(26)14-20(18-6-4-5-7-19(18)23)24-21(25)13-10-16-8-11-17(27-3)12-9-16/h4-9,11-12,15,20H,10,13-14H2,1-3H3,(H,24,25). The maximum atomic E-state index is 12.5. The van der Waals surface area contributed by atoms with E-state index in [1.54, 1.807) is 39.2 Å². The molecule has 0 aromatic heterocycles. The number of carbonyl (C=O) groups excluding carboxylic acids is 2. The van der Waals surface area contributed by atoms with Crippen LogP contribution < -0.4 is 10.1 Å². The Morgan fingerprint density at radius 3 is 2.36 bits per heavy atom. The number of ether oxygens (including phenoxy) is 2. The van der Waals surface area contributed by atoms with E-state index in [4.69, 9.17) is 21.1 Å². The molecular weight excluding hydrogens is 378 g/mol. The molecule has 1 unspecified atom stereocenters. The van der Waals surface area contributed by atoms with Gasteiger partial charge in [-0.2, -0.15) is 0 Å². The van der Waals surface area contributed by atoms with Crippen molar-refractivity contribution >= 4 is 23.5 Å². The SMILES string of the molecule is COc1ccc(CCC(=O)NC(CC(=O)OC(C)C)c2ccccc2Cl)cc1. The summed E-state index contributed by atoms with van der Waals surface area (Å²) in [6.45, 7) is 3.58. The molecule has 150 valence electrons. The van der Waals surface area contributed by atoms with E-state index in [1.165, 1.54) is 0 Å². The minimum absolute atomic E-state index is 0.0240. The Bertz CT molecular complexity index is 789. The Labute approximate surface area is 171 Å². The van der Waals surface area contributed by atoms with Crippen LogP contribution in [0.25, 0.3) is 0 Å². The number of aryl methyl sites for hydroxylation is 1. The lowest BCUT2D eigenvalue weighted by molar-refractivity contribution is -0.148. The molecule has 2 aromatic rings. The van der Waals surface area contributed by atoms with E-state index in [-0.39, 0.29) is 24.4 Å². The van der Waals surface area contributed by atoms with Crippen molar-refractivity contribution in [2.45, 2.75) is 45.3 Å². The Morgan fingerprint density at radius 1 is 1.07 bits per heavy atom. The molecule has 6 heteroatoms. The molecule has 28 heavy (non-hydrogen) atoms. The largest absolute Gasteiger partial charge is 0.497 e. The van der Waals surface area contributed by atoms with Crippen LogP contribution in [0.1, 0.15) is 43.9 Å². The fourth-order valence-corrected chi connectivity index (χ4v) is 3.06. The van der Waals surface area contributed by atoms with Gasteiger partial charge in [0, 0.05) is 11.4 Å². The maximum absolute atomic E-state index is 12.5. The third kappa shape index (κ3) is 6.89. The Morgan fingerprint density at radius 2 is 1.75 bits per heavy atom. The molecule has 1 N–H and O–H groups in total. The minimum Gasteiger partial charge on any atom is -0.497 e. The average molecular weight is 404 g/mol. The number of nitrogens with one attached hydrogen (secondary N) is 1. The second-order valence-corrected chi connectivity index (χ2v) is 7.14. The van der Waals surface area contributed by atoms with Gasteiger partial charge in [0.2, 0.25) is 5.91 Å². The Kier molecular flexibility index (Phi) is 8.33. The summed E-state index contributed by atoms with van der Waals surface area (Å²) in [6.07, 6.45) is 0.690. The van der Waals surface area contributed by atoms with E-state index in [0.29, 0.717) is 23.4 Å². The van der Waals surface area contributed by atoms with Gasteiger partial charge in [0.05, 0.1) is 25.7 Å². The van der Waals surface area contributed by atoms with E-state index < -0.39 is 6.04 Å². The van der Waals surface area contributed by atoms with Crippen molar-refractivity contribution in [3.63, 3.8) is 0 Å². The number of hydrogen-bond donors (Lipinski definition) is 1. The van der Waals surface area contributed by atoms with Crippen LogP contribution in [0.4, 0.5) is 0 Å². The lowest BCUT2D eigenvalue weighted by Crippen LogP contribution is -2.31. The second-order valence-electron chi connectivity index (χ2n) is 6.73. The first-order valence-corrected chi connectivity index (χ1v) is 9.63. The first-order valence-electron chi connectivity index (χ1n) is 9.25. The molecular formula is C22H26ClNO4. The molecule has 0 spiro atoms. The number of hydrogen-bond acceptors (Lipinski definition) is 4. The van der Waals surface area contributed by atoms with Crippen molar-refractivity contribution in [1.29, 1.82) is 0 Å². The maximum Gasteiger partial charge on any atom is 0.308 e. The van der Waals surface area contributed by atoms with Crippen LogP contribution in [0.3, 0.4) is 0 Å². The molecule has 0 fully saturated rings. The highest BCUT2D eigenvalue weighted by molar-refractivity contribution is 6.31. The Hall–Kier alpha value is -2.53. The number of methoxy groups -OCH3 is 1. The number of rotatable bonds is 9. The lowest BCUT2D eigenvalue weighted by Gasteiger charge is -2.20. The molecule has 0 saturated carbocycles. The van der Waals surface area contributed by atoms with Crippen molar-refractivity contribution in [2.75, 3.05) is 7.11 Å². The van der Waals surface area contributed by atoms with Gasteiger partial charge in [-0.15, -0.1) is 0 Å². The Balaban J connectivity index is 2.02.